The first kappa shape index (κ1) is 9.70. The van der Waals surface area contributed by atoms with Crippen molar-refractivity contribution in [2.45, 2.75) is 26.3 Å². The average molecular weight is 184 g/mol. The van der Waals surface area contributed by atoms with Gasteiger partial charge >= 0.3 is 0 Å². The Morgan fingerprint density at radius 2 is 2.38 bits per heavy atom. The molecule has 1 unspecified atom stereocenters. The summed E-state index contributed by atoms with van der Waals surface area (Å²) in [5.74, 6) is -0.233. The minimum absolute atomic E-state index is 0.0761. The van der Waals surface area contributed by atoms with Crippen molar-refractivity contribution in [1.82, 2.24) is 9.97 Å². The highest BCUT2D eigenvalue weighted by molar-refractivity contribution is 5.39. The molecule has 72 valence electrons. The van der Waals surface area contributed by atoms with Crippen LogP contribution in [-0.2, 0) is 0 Å². The van der Waals surface area contributed by atoms with Crippen LogP contribution in [-0.4, -0.2) is 16.0 Å². The highest BCUT2D eigenvalue weighted by Gasteiger charge is 2.07. The number of rotatable bonds is 3. The monoisotopic (exact) mass is 184 g/mol. The fourth-order valence-electron chi connectivity index (χ4n) is 0.817. The van der Waals surface area contributed by atoms with Crippen LogP contribution in [0.25, 0.3) is 0 Å². The zero-order valence-corrected chi connectivity index (χ0v) is 7.71. The zero-order valence-electron chi connectivity index (χ0n) is 7.71. The molecule has 0 aliphatic carbocycles. The van der Waals surface area contributed by atoms with Crippen LogP contribution >= 0.6 is 0 Å². The van der Waals surface area contributed by atoms with E-state index in [1.807, 2.05) is 13.8 Å². The Balaban J connectivity index is 2.81. The Labute approximate surface area is 76.4 Å². The third-order valence-electron chi connectivity index (χ3n) is 1.76. The van der Waals surface area contributed by atoms with Gasteiger partial charge in [0, 0.05) is 6.04 Å². The molecular formula is C8H13FN4. The number of hydrogen-bond donors (Lipinski definition) is 2. The molecule has 1 atom stereocenters. The molecule has 0 aliphatic heterocycles. The molecule has 3 N–H and O–H groups in total. The van der Waals surface area contributed by atoms with E-state index in [9.17, 15) is 4.39 Å². The third kappa shape index (κ3) is 2.54. The van der Waals surface area contributed by atoms with Crippen LogP contribution < -0.4 is 11.1 Å². The maximum absolute atomic E-state index is 13.0. The molecule has 1 heterocycles. The van der Waals surface area contributed by atoms with Gasteiger partial charge in [-0.2, -0.15) is 4.98 Å². The van der Waals surface area contributed by atoms with Crippen LogP contribution in [0.15, 0.2) is 6.20 Å². The maximum atomic E-state index is 13.0. The van der Waals surface area contributed by atoms with E-state index in [0.717, 1.165) is 12.6 Å². The molecule has 1 rings (SSSR count). The standard InChI is InChI=1S/C8H13FN4/c1-3-5(2)12-7-6(9)4-11-8(10)13-7/h4-5H,3H2,1-2H3,(H3,10,11,12,13). The quantitative estimate of drug-likeness (QED) is 0.745. The lowest BCUT2D eigenvalue weighted by Crippen LogP contribution is -2.16. The number of nitrogen functional groups attached to an aromatic ring is 1. The van der Waals surface area contributed by atoms with Gasteiger partial charge in [-0.05, 0) is 13.3 Å². The molecule has 0 radical (unpaired) electrons. The van der Waals surface area contributed by atoms with Crippen molar-refractivity contribution in [3.05, 3.63) is 12.0 Å². The van der Waals surface area contributed by atoms with Crippen molar-refractivity contribution in [2.75, 3.05) is 11.1 Å². The SMILES string of the molecule is CCC(C)Nc1nc(N)ncc1F. The molecule has 0 bridgehead atoms. The molecule has 4 nitrogen and oxygen atoms in total. The van der Waals surface area contributed by atoms with Gasteiger partial charge in [0.25, 0.3) is 0 Å². The van der Waals surface area contributed by atoms with E-state index in [1.54, 1.807) is 0 Å². The fourth-order valence-corrected chi connectivity index (χ4v) is 0.817. The van der Waals surface area contributed by atoms with Crippen LogP contribution in [0.3, 0.4) is 0 Å². The third-order valence-corrected chi connectivity index (χ3v) is 1.76. The zero-order chi connectivity index (χ0) is 9.84. The van der Waals surface area contributed by atoms with Crippen molar-refractivity contribution in [2.24, 2.45) is 0 Å². The van der Waals surface area contributed by atoms with E-state index < -0.39 is 5.82 Å². The van der Waals surface area contributed by atoms with Crippen LogP contribution in [0.5, 0.6) is 0 Å². The first-order valence-corrected chi connectivity index (χ1v) is 4.18. The predicted octanol–water partition coefficient (Wildman–Crippen LogP) is 1.41. The van der Waals surface area contributed by atoms with Gasteiger partial charge in [0.05, 0.1) is 6.20 Å². The highest BCUT2D eigenvalue weighted by Crippen LogP contribution is 2.11. The summed E-state index contributed by atoms with van der Waals surface area (Å²) in [6, 6.07) is 0.170. The van der Waals surface area contributed by atoms with Crippen molar-refractivity contribution in [1.29, 1.82) is 0 Å². The Morgan fingerprint density at radius 3 is 3.00 bits per heavy atom. The van der Waals surface area contributed by atoms with E-state index >= 15 is 0 Å². The van der Waals surface area contributed by atoms with Crippen molar-refractivity contribution < 1.29 is 4.39 Å². The topological polar surface area (TPSA) is 63.8 Å². The van der Waals surface area contributed by atoms with Gasteiger partial charge in [0.15, 0.2) is 11.6 Å². The lowest BCUT2D eigenvalue weighted by atomic mass is 10.2. The first-order chi connectivity index (χ1) is 6.13. The van der Waals surface area contributed by atoms with Gasteiger partial charge in [-0.1, -0.05) is 6.92 Å². The molecule has 0 aromatic carbocycles. The van der Waals surface area contributed by atoms with E-state index in [1.165, 1.54) is 0 Å². The van der Waals surface area contributed by atoms with E-state index in [2.05, 4.69) is 15.3 Å². The normalized spacial score (nSPS) is 12.5. The number of nitrogens with zero attached hydrogens (tertiary/aromatic N) is 2. The summed E-state index contributed by atoms with van der Waals surface area (Å²) in [4.78, 5) is 7.27. The number of anilines is 2. The molecule has 13 heavy (non-hydrogen) atoms. The first-order valence-electron chi connectivity index (χ1n) is 4.18. The number of aromatic nitrogens is 2. The summed E-state index contributed by atoms with van der Waals surface area (Å²) in [5.41, 5.74) is 5.32. The van der Waals surface area contributed by atoms with Crippen LogP contribution in [0.4, 0.5) is 16.2 Å². The molecular weight excluding hydrogens is 171 g/mol. The molecule has 0 spiro atoms. The minimum Gasteiger partial charge on any atom is -0.368 e. The second-order valence-corrected chi connectivity index (χ2v) is 2.88. The Bertz CT molecular complexity index is 289. The summed E-state index contributed by atoms with van der Waals surface area (Å²) >= 11 is 0. The molecule has 1 aromatic heterocycles. The second kappa shape index (κ2) is 4.02. The van der Waals surface area contributed by atoms with Gasteiger partial charge in [0.2, 0.25) is 5.95 Å². The molecule has 0 saturated heterocycles. The molecule has 5 heteroatoms. The number of halogens is 1. The fraction of sp³-hybridized carbons (Fsp3) is 0.500. The number of nitrogens with one attached hydrogen (secondary N) is 1. The smallest absolute Gasteiger partial charge is 0.222 e. The predicted molar refractivity (Wildman–Crippen MR) is 49.8 cm³/mol. The Kier molecular flexibility index (Phi) is 3.00. The number of nitrogens with two attached hydrogens (primary N) is 1. The Hall–Kier alpha value is -1.39. The van der Waals surface area contributed by atoms with Crippen molar-refractivity contribution >= 4 is 11.8 Å². The maximum Gasteiger partial charge on any atom is 0.222 e. The highest BCUT2D eigenvalue weighted by atomic mass is 19.1. The summed E-state index contributed by atoms with van der Waals surface area (Å²) in [5, 5.41) is 2.89. The van der Waals surface area contributed by atoms with E-state index in [0.29, 0.717) is 0 Å². The molecule has 0 saturated carbocycles. The van der Waals surface area contributed by atoms with Gasteiger partial charge < -0.3 is 11.1 Å². The molecule has 1 aromatic rings. The Morgan fingerprint density at radius 1 is 1.69 bits per heavy atom. The summed E-state index contributed by atoms with van der Waals surface area (Å²) in [6.45, 7) is 3.94. The lowest BCUT2D eigenvalue weighted by molar-refractivity contribution is 0.612. The van der Waals surface area contributed by atoms with E-state index in [-0.39, 0.29) is 17.8 Å². The van der Waals surface area contributed by atoms with Crippen LogP contribution in [0, 0.1) is 5.82 Å². The minimum atomic E-state index is -0.477. The summed E-state index contributed by atoms with van der Waals surface area (Å²) < 4.78 is 13.0. The van der Waals surface area contributed by atoms with Crippen molar-refractivity contribution in [3.8, 4) is 0 Å². The van der Waals surface area contributed by atoms with Crippen LogP contribution in [0.2, 0.25) is 0 Å². The molecule has 0 fully saturated rings. The number of hydrogen-bond acceptors (Lipinski definition) is 4. The lowest BCUT2D eigenvalue weighted by Gasteiger charge is -2.12. The molecule has 0 aliphatic rings. The van der Waals surface area contributed by atoms with Crippen molar-refractivity contribution in [3.63, 3.8) is 0 Å². The summed E-state index contributed by atoms with van der Waals surface area (Å²) in [7, 11) is 0. The second-order valence-electron chi connectivity index (χ2n) is 2.88. The van der Waals surface area contributed by atoms with E-state index in [4.69, 9.17) is 5.73 Å². The van der Waals surface area contributed by atoms with Gasteiger partial charge in [0.1, 0.15) is 0 Å². The molecule has 0 amide bonds. The van der Waals surface area contributed by atoms with Gasteiger partial charge in [-0.25, -0.2) is 9.37 Å². The van der Waals surface area contributed by atoms with Crippen LogP contribution in [0.1, 0.15) is 20.3 Å². The average Bonchev–Trinajstić information content (AvgIpc) is 2.11. The summed E-state index contributed by atoms with van der Waals surface area (Å²) in [6.07, 6.45) is 1.95. The van der Waals surface area contributed by atoms with Gasteiger partial charge in [-0.15, -0.1) is 0 Å². The largest absolute Gasteiger partial charge is 0.368 e. The van der Waals surface area contributed by atoms with Gasteiger partial charge in [-0.3, -0.25) is 0 Å².